The molecule has 1 atom stereocenters. The van der Waals surface area contributed by atoms with Crippen LogP contribution < -0.4 is 0 Å². The third-order valence-corrected chi connectivity index (χ3v) is 5.30. The van der Waals surface area contributed by atoms with Gasteiger partial charge in [0.2, 0.25) is 5.91 Å². The number of nitrogens with zero attached hydrogens (tertiary/aromatic N) is 1. The number of carbonyl (C=O) groups is 2. The molecule has 0 spiro atoms. The van der Waals surface area contributed by atoms with E-state index in [4.69, 9.17) is 0 Å². The molecule has 1 N–H and O–H groups in total. The number of rotatable bonds is 11. The lowest BCUT2D eigenvalue weighted by molar-refractivity contribution is -0.140. The molecule has 0 aliphatic carbocycles. The van der Waals surface area contributed by atoms with Gasteiger partial charge in [-0.05, 0) is 43.7 Å². The number of likely N-dealkylation sites (tertiary alicyclic amines) is 1. The lowest BCUT2D eigenvalue weighted by atomic mass is 9.97. The number of methoxy groups -OCH3 is 1. The first kappa shape index (κ1) is 22.0. The molecule has 1 heterocycles. The summed E-state index contributed by atoms with van der Waals surface area (Å²) in [5.74, 6) is 0.433. The minimum absolute atomic E-state index is 0.159. The van der Waals surface area contributed by atoms with Crippen LogP contribution in [0.2, 0.25) is 0 Å². The topological polar surface area (TPSA) is 66.8 Å². The molecular formula is C23H33NO4. The first-order chi connectivity index (χ1) is 13.6. The maximum atomic E-state index is 12.4. The molecule has 0 radical (unpaired) electrons. The van der Waals surface area contributed by atoms with Gasteiger partial charge < -0.3 is 14.7 Å². The van der Waals surface area contributed by atoms with Crippen molar-refractivity contribution in [1.29, 1.82) is 0 Å². The number of esters is 1. The highest BCUT2D eigenvalue weighted by molar-refractivity contribution is 5.77. The van der Waals surface area contributed by atoms with E-state index in [0.29, 0.717) is 31.4 Å². The Bertz CT molecular complexity index is 641. The highest BCUT2D eigenvalue weighted by Gasteiger charge is 2.26. The van der Waals surface area contributed by atoms with E-state index in [1.54, 1.807) is 0 Å². The summed E-state index contributed by atoms with van der Waals surface area (Å²) in [6.07, 6.45) is 9.86. The number of hydrogen-bond donors (Lipinski definition) is 1. The van der Waals surface area contributed by atoms with Crippen molar-refractivity contribution in [2.75, 3.05) is 13.7 Å². The third kappa shape index (κ3) is 7.75. The highest BCUT2D eigenvalue weighted by atomic mass is 16.5. The van der Waals surface area contributed by atoms with Crippen molar-refractivity contribution in [3.8, 4) is 0 Å². The van der Waals surface area contributed by atoms with Gasteiger partial charge in [-0.1, -0.05) is 43.2 Å². The van der Waals surface area contributed by atoms with Gasteiger partial charge in [0.25, 0.3) is 0 Å². The minimum atomic E-state index is -0.159. The average Bonchev–Trinajstić information content (AvgIpc) is 2.70. The molecule has 1 amide bonds. The van der Waals surface area contributed by atoms with E-state index in [2.05, 4.69) is 4.74 Å². The molecule has 1 aromatic carbocycles. The fourth-order valence-electron chi connectivity index (χ4n) is 3.70. The smallest absolute Gasteiger partial charge is 0.305 e. The summed E-state index contributed by atoms with van der Waals surface area (Å²) in [7, 11) is 1.41. The average molecular weight is 388 g/mol. The van der Waals surface area contributed by atoms with Crippen LogP contribution in [-0.4, -0.2) is 41.6 Å². The zero-order chi connectivity index (χ0) is 20.2. The summed E-state index contributed by atoms with van der Waals surface area (Å²) in [5.41, 5.74) is 1.08. The Kier molecular flexibility index (Phi) is 9.60. The van der Waals surface area contributed by atoms with Crippen LogP contribution in [0.1, 0.15) is 63.4 Å². The normalized spacial score (nSPS) is 17.6. The van der Waals surface area contributed by atoms with Gasteiger partial charge >= 0.3 is 5.97 Å². The number of aliphatic hydroxyl groups is 1. The molecule has 0 bridgehead atoms. The number of allylic oxidation sites excluding steroid dienone is 1. The fourth-order valence-corrected chi connectivity index (χ4v) is 3.70. The number of carbonyl (C=O) groups excluding carboxylic acids is 2. The molecule has 1 aliphatic rings. The van der Waals surface area contributed by atoms with Crippen LogP contribution in [0, 0.1) is 0 Å². The molecule has 154 valence electrons. The Hall–Kier alpha value is -2.30. The first-order valence-corrected chi connectivity index (χ1v) is 10.4. The van der Waals surface area contributed by atoms with Crippen LogP contribution in [-0.2, 0) is 20.7 Å². The second-order valence-corrected chi connectivity index (χ2v) is 7.47. The largest absolute Gasteiger partial charge is 0.512 e. The number of amides is 1. The number of aliphatic hydroxyl groups excluding tert-OH is 1. The van der Waals surface area contributed by atoms with Crippen molar-refractivity contribution in [2.45, 2.75) is 70.3 Å². The lowest BCUT2D eigenvalue weighted by Crippen LogP contribution is -2.43. The van der Waals surface area contributed by atoms with Crippen LogP contribution in [0.15, 0.2) is 42.2 Å². The summed E-state index contributed by atoms with van der Waals surface area (Å²) in [4.78, 5) is 25.5. The van der Waals surface area contributed by atoms with Crippen molar-refractivity contribution in [2.24, 2.45) is 0 Å². The molecule has 0 saturated carbocycles. The van der Waals surface area contributed by atoms with Gasteiger partial charge in [0.15, 0.2) is 0 Å². The van der Waals surface area contributed by atoms with Crippen LogP contribution in [0.3, 0.4) is 0 Å². The van der Waals surface area contributed by atoms with Crippen molar-refractivity contribution in [3.05, 3.63) is 47.7 Å². The number of ether oxygens (including phenoxy) is 1. The quantitative estimate of drug-likeness (QED) is 0.343. The van der Waals surface area contributed by atoms with Crippen molar-refractivity contribution in [3.63, 3.8) is 0 Å². The number of unbranched alkanes of at least 4 members (excludes halogenated alkanes) is 3. The molecular weight excluding hydrogens is 354 g/mol. The second kappa shape index (κ2) is 12.2. The van der Waals surface area contributed by atoms with Gasteiger partial charge in [0.05, 0.1) is 12.9 Å². The Labute approximate surface area is 168 Å². The van der Waals surface area contributed by atoms with E-state index in [1.807, 2.05) is 41.3 Å². The first-order valence-electron chi connectivity index (χ1n) is 10.4. The van der Waals surface area contributed by atoms with Crippen LogP contribution in [0.4, 0.5) is 0 Å². The van der Waals surface area contributed by atoms with E-state index < -0.39 is 0 Å². The molecule has 1 unspecified atom stereocenters. The van der Waals surface area contributed by atoms with E-state index in [1.165, 1.54) is 7.11 Å². The lowest BCUT2D eigenvalue weighted by Gasteiger charge is -2.35. The summed E-state index contributed by atoms with van der Waals surface area (Å²) in [5, 5.41) is 10.2. The van der Waals surface area contributed by atoms with Crippen molar-refractivity contribution < 1.29 is 19.4 Å². The van der Waals surface area contributed by atoms with E-state index in [0.717, 1.165) is 50.6 Å². The molecule has 5 heteroatoms. The van der Waals surface area contributed by atoms with Crippen molar-refractivity contribution in [1.82, 2.24) is 4.90 Å². The predicted molar refractivity (Wildman–Crippen MR) is 110 cm³/mol. The number of benzene rings is 1. The zero-order valence-electron chi connectivity index (χ0n) is 16.9. The SMILES string of the molecule is COC(=O)CCCCCCN1C(=O)CCCC1C/C=C(\O)Cc1ccccc1. The van der Waals surface area contributed by atoms with Crippen LogP contribution in [0.25, 0.3) is 0 Å². The fraction of sp³-hybridized carbons (Fsp3) is 0.565. The Morgan fingerprint density at radius 2 is 1.96 bits per heavy atom. The summed E-state index contributed by atoms with van der Waals surface area (Å²) in [6, 6.07) is 10.1. The summed E-state index contributed by atoms with van der Waals surface area (Å²) < 4.78 is 4.65. The molecule has 1 aromatic rings. The van der Waals surface area contributed by atoms with Gasteiger partial charge in [-0.2, -0.15) is 0 Å². The van der Waals surface area contributed by atoms with Crippen LogP contribution in [0.5, 0.6) is 0 Å². The minimum Gasteiger partial charge on any atom is -0.512 e. The van der Waals surface area contributed by atoms with E-state index >= 15 is 0 Å². The Balaban J connectivity index is 1.76. The van der Waals surface area contributed by atoms with E-state index in [-0.39, 0.29) is 17.9 Å². The monoisotopic (exact) mass is 387 g/mol. The zero-order valence-corrected chi connectivity index (χ0v) is 16.9. The van der Waals surface area contributed by atoms with E-state index in [9.17, 15) is 14.7 Å². The standard InChI is InChI=1S/C23H33NO4/c1-28-23(27)14-7-2-3-8-17-24-20(12-9-13-22(24)26)15-16-21(25)18-19-10-5-4-6-11-19/h4-6,10-11,16,20,25H,2-3,7-9,12-15,17-18H2,1H3/b21-16-. The Morgan fingerprint density at radius 3 is 2.71 bits per heavy atom. The third-order valence-electron chi connectivity index (χ3n) is 5.30. The molecule has 1 saturated heterocycles. The number of piperidine rings is 1. The van der Waals surface area contributed by atoms with Gasteiger partial charge in [0, 0.05) is 31.8 Å². The van der Waals surface area contributed by atoms with Crippen LogP contribution >= 0.6 is 0 Å². The van der Waals surface area contributed by atoms with Crippen molar-refractivity contribution >= 4 is 11.9 Å². The van der Waals surface area contributed by atoms with Gasteiger partial charge in [0.1, 0.15) is 0 Å². The molecule has 1 aliphatic heterocycles. The van der Waals surface area contributed by atoms with Gasteiger partial charge in [-0.3, -0.25) is 9.59 Å². The summed E-state index contributed by atoms with van der Waals surface area (Å²) >= 11 is 0. The molecule has 0 aromatic heterocycles. The molecule has 2 rings (SSSR count). The van der Waals surface area contributed by atoms with Gasteiger partial charge in [-0.15, -0.1) is 0 Å². The maximum absolute atomic E-state index is 12.4. The molecule has 5 nitrogen and oxygen atoms in total. The second-order valence-electron chi connectivity index (χ2n) is 7.47. The molecule has 1 fully saturated rings. The maximum Gasteiger partial charge on any atom is 0.305 e. The number of hydrogen-bond acceptors (Lipinski definition) is 4. The predicted octanol–water partition coefficient (Wildman–Crippen LogP) is 4.57. The van der Waals surface area contributed by atoms with Gasteiger partial charge in [-0.25, -0.2) is 0 Å². The highest BCUT2D eigenvalue weighted by Crippen LogP contribution is 2.23. The Morgan fingerprint density at radius 1 is 1.21 bits per heavy atom. The summed E-state index contributed by atoms with van der Waals surface area (Å²) in [6.45, 7) is 0.759. The molecule has 28 heavy (non-hydrogen) atoms.